The lowest BCUT2D eigenvalue weighted by Crippen LogP contribution is -2.14. The minimum Gasteiger partial charge on any atom is -0.276 e. The van der Waals surface area contributed by atoms with Crippen molar-refractivity contribution in [3.05, 3.63) is 52.6 Å². The Morgan fingerprint density at radius 3 is 2.60 bits per heavy atom. The molecule has 0 fully saturated rings. The minimum atomic E-state index is -3.91. The molecule has 0 saturated heterocycles. The number of nitrogens with zero attached hydrogens (tertiary/aromatic N) is 1. The van der Waals surface area contributed by atoms with Crippen LogP contribution < -0.4 is 4.72 Å². The maximum Gasteiger partial charge on any atom is 0.262 e. The monoisotopic (exact) mass is 314 g/mol. The highest BCUT2D eigenvalue weighted by atomic mass is 35.5. The molecule has 20 heavy (non-hydrogen) atoms. The summed E-state index contributed by atoms with van der Waals surface area (Å²) >= 11 is 5.83. The zero-order valence-corrected chi connectivity index (χ0v) is 12.4. The van der Waals surface area contributed by atoms with Gasteiger partial charge in [-0.15, -0.1) is 0 Å². The second-order valence-electron chi connectivity index (χ2n) is 4.37. The van der Waals surface area contributed by atoms with Crippen molar-refractivity contribution < 1.29 is 12.8 Å². The number of benzene rings is 1. The molecule has 0 spiro atoms. The van der Waals surface area contributed by atoms with Crippen LogP contribution in [0.2, 0.25) is 5.15 Å². The van der Waals surface area contributed by atoms with Crippen LogP contribution in [0.25, 0.3) is 0 Å². The van der Waals surface area contributed by atoms with E-state index in [1.165, 1.54) is 18.3 Å². The number of hydrogen-bond acceptors (Lipinski definition) is 3. The molecule has 1 heterocycles. The minimum absolute atomic E-state index is 0.0340. The van der Waals surface area contributed by atoms with E-state index in [-0.39, 0.29) is 15.7 Å². The number of halogens is 2. The fourth-order valence-corrected chi connectivity index (χ4v) is 2.84. The van der Waals surface area contributed by atoms with Gasteiger partial charge in [0, 0.05) is 6.20 Å². The van der Waals surface area contributed by atoms with E-state index in [9.17, 15) is 12.8 Å². The van der Waals surface area contributed by atoms with Crippen LogP contribution in [-0.4, -0.2) is 13.4 Å². The molecule has 2 rings (SSSR count). The summed E-state index contributed by atoms with van der Waals surface area (Å²) in [7, 11) is -3.91. The van der Waals surface area contributed by atoms with Crippen LogP contribution >= 0.6 is 11.6 Å². The van der Waals surface area contributed by atoms with Crippen molar-refractivity contribution in [1.29, 1.82) is 0 Å². The average molecular weight is 315 g/mol. The fraction of sp³-hybridized carbons (Fsp3) is 0.154. The van der Waals surface area contributed by atoms with Gasteiger partial charge in [-0.2, -0.15) is 0 Å². The first-order valence-corrected chi connectivity index (χ1v) is 7.57. The van der Waals surface area contributed by atoms with Gasteiger partial charge in [-0.1, -0.05) is 17.7 Å². The number of rotatable bonds is 3. The van der Waals surface area contributed by atoms with Crippen molar-refractivity contribution in [2.45, 2.75) is 18.7 Å². The summed E-state index contributed by atoms with van der Waals surface area (Å²) < 4.78 is 40.1. The summed E-state index contributed by atoms with van der Waals surface area (Å²) in [5.41, 5.74) is 1.29. The standard InChI is InChI=1S/C13H12ClFN2O2S/c1-8-5-12(13(14)16-7-8)17-20(18,19)10-4-3-9(2)11(15)6-10/h3-7,17H,1-2H3. The molecule has 1 aromatic heterocycles. The summed E-state index contributed by atoms with van der Waals surface area (Å²) in [5.74, 6) is -0.582. The number of nitrogens with one attached hydrogen (secondary N) is 1. The highest BCUT2D eigenvalue weighted by molar-refractivity contribution is 7.92. The van der Waals surface area contributed by atoms with E-state index >= 15 is 0 Å². The van der Waals surface area contributed by atoms with Crippen molar-refractivity contribution in [3.8, 4) is 0 Å². The summed E-state index contributed by atoms with van der Waals surface area (Å²) in [5, 5.41) is 0.0340. The Morgan fingerprint density at radius 1 is 1.25 bits per heavy atom. The molecule has 0 bridgehead atoms. The Kier molecular flexibility index (Phi) is 3.96. The maximum absolute atomic E-state index is 13.5. The lowest BCUT2D eigenvalue weighted by Gasteiger charge is -2.10. The normalized spacial score (nSPS) is 11.4. The summed E-state index contributed by atoms with van der Waals surface area (Å²) in [6.07, 6.45) is 1.52. The molecule has 1 N–H and O–H groups in total. The van der Waals surface area contributed by atoms with Gasteiger partial charge in [0.15, 0.2) is 5.15 Å². The van der Waals surface area contributed by atoms with E-state index in [1.54, 1.807) is 19.9 Å². The fourth-order valence-electron chi connectivity index (χ4n) is 1.57. The zero-order valence-electron chi connectivity index (χ0n) is 10.8. The van der Waals surface area contributed by atoms with Crippen molar-refractivity contribution in [2.24, 2.45) is 0 Å². The summed E-state index contributed by atoms with van der Waals surface area (Å²) in [6.45, 7) is 3.31. The van der Waals surface area contributed by atoms with Gasteiger partial charge in [0.1, 0.15) is 5.82 Å². The van der Waals surface area contributed by atoms with Crippen molar-refractivity contribution >= 4 is 27.3 Å². The first-order valence-electron chi connectivity index (χ1n) is 5.71. The molecule has 4 nitrogen and oxygen atoms in total. The molecule has 106 valence electrons. The Bertz CT molecular complexity index is 763. The molecular formula is C13H12ClFN2O2S. The highest BCUT2D eigenvalue weighted by Crippen LogP contribution is 2.24. The van der Waals surface area contributed by atoms with Crippen LogP contribution in [0.4, 0.5) is 10.1 Å². The van der Waals surface area contributed by atoms with Gasteiger partial charge in [0.05, 0.1) is 10.6 Å². The second kappa shape index (κ2) is 5.38. The average Bonchev–Trinajstić information content (AvgIpc) is 2.36. The lowest BCUT2D eigenvalue weighted by atomic mass is 10.2. The van der Waals surface area contributed by atoms with Gasteiger partial charge in [-0.25, -0.2) is 17.8 Å². The van der Waals surface area contributed by atoms with Crippen molar-refractivity contribution in [1.82, 2.24) is 4.98 Å². The van der Waals surface area contributed by atoms with Crippen molar-refractivity contribution in [2.75, 3.05) is 4.72 Å². The molecule has 0 saturated carbocycles. The number of aryl methyl sites for hydroxylation is 2. The van der Waals surface area contributed by atoms with E-state index < -0.39 is 15.8 Å². The zero-order chi connectivity index (χ0) is 14.9. The molecule has 0 aliphatic rings. The molecule has 0 unspecified atom stereocenters. The SMILES string of the molecule is Cc1cnc(Cl)c(NS(=O)(=O)c2ccc(C)c(F)c2)c1. The third kappa shape index (κ3) is 3.08. The van der Waals surface area contributed by atoms with E-state index in [0.29, 0.717) is 5.56 Å². The predicted octanol–water partition coefficient (Wildman–Crippen LogP) is 3.29. The van der Waals surface area contributed by atoms with Gasteiger partial charge in [0.25, 0.3) is 10.0 Å². The van der Waals surface area contributed by atoms with Gasteiger partial charge >= 0.3 is 0 Å². The molecule has 2 aromatic rings. The van der Waals surface area contributed by atoms with Gasteiger partial charge < -0.3 is 0 Å². The van der Waals surface area contributed by atoms with E-state index in [0.717, 1.165) is 11.6 Å². The number of anilines is 1. The van der Waals surface area contributed by atoms with Crippen LogP contribution in [0.5, 0.6) is 0 Å². The molecule has 1 aromatic carbocycles. The Balaban J connectivity index is 2.40. The first kappa shape index (κ1) is 14.7. The maximum atomic E-state index is 13.5. The van der Waals surface area contributed by atoms with E-state index in [4.69, 9.17) is 11.6 Å². The van der Waals surface area contributed by atoms with Crippen LogP contribution in [-0.2, 0) is 10.0 Å². The molecule has 0 atom stereocenters. The second-order valence-corrected chi connectivity index (χ2v) is 6.41. The molecule has 0 amide bonds. The number of hydrogen-bond donors (Lipinski definition) is 1. The van der Waals surface area contributed by atoms with Crippen LogP contribution in [0.1, 0.15) is 11.1 Å². The summed E-state index contributed by atoms with van der Waals surface area (Å²) in [6, 6.07) is 5.25. The van der Waals surface area contributed by atoms with Crippen LogP contribution in [0.15, 0.2) is 35.4 Å². The van der Waals surface area contributed by atoms with Crippen LogP contribution in [0, 0.1) is 19.7 Å². The lowest BCUT2D eigenvalue weighted by molar-refractivity contribution is 0.593. The largest absolute Gasteiger partial charge is 0.276 e. The predicted molar refractivity (Wildman–Crippen MR) is 75.9 cm³/mol. The van der Waals surface area contributed by atoms with Gasteiger partial charge in [-0.05, 0) is 43.2 Å². The molecular weight excluding hydrogens is 303 g/mol. The smallest absolute Gasteiger partial charge is 0.262 e. The highest BCUT2D eigenvalue weighted by Gasteiger charge is 2.17. The van der Waals surface area contributed by atoms with Crippen LogP contribution in [0.3, 0.4) is 0 Å². The Labute approximate surface area is 121 Å². The number of pyridine rings is 1. The molecule has 7 heteroatoms. The third-order valence-corrected chi connectivity index (χ3v) is 4.34. The molecule has 0 aliphatic heterocycles. The summed E-state index contributed by atoms with van der Waals surface area (Å²) in [4.78, 5) is 3.68. The third-order valence-electron chi connectivity index (χ3n) is 2.67. The molecule has 0 radical (unpaired) electrons. The first-order chi connectivity index (χ1) is 9.29. The van der Waals surface area contributed by atoms with E-state index in [2.05, 4.69) is 9.71 Å². The Morgan fingerprint density at radius 2 is 1.95 bits per heavy atom. The Hall–Kier alpha value is -1.66. The number of sulfonamides is 1. The van der Waals surface area contributed by atoms with E-state index in [1.807, 2.05) is 0 Å². The van der Waals surface area contributed by atoms with Gasteiger partial charge in [0.2, 0.25) is 0 Å². The van der Waals surface area contributed by atoms with Crippen molar-refractivity contribution in [3.63, 3.8) is 0 Å². The number of aromatic nitrogens is 1. The quantitative estimate of drug-likeness (QED) is 0.884. The molecule has 0 aliphatic carbocycles. The van der Waals surface area contributed by atoms with Gasteiger partial charge in [-0.3, -0.25) is 4.72 Å². The topological polar surface area (TPSA) is 59.1 Å².